The van der Waals surface area contributed by atoms with E-state index in [4.69, 9.17) is 5.26 Å². The zero-order valence-electron chi connectivity index (χ0n) is 16.8. The van der Waals surface area contributed by atoms with Gasteiger partial charge in [0, 0.05) is 28.7 Å². The van der Waals surface area contributed by atoms with E-state index >= 15 is 0 Å². The maximum atomic E-state index is 14.1. The minimum absolute atomic E-state index is 0.152. The van der Waals surface area contributed by atoms with Gasteiger partial charge in [0.2, 0.25) is 0 Å². The number of para-hydroxylation sites is 1. The lowest BCUT2D eigenvalue weighted by Crippen LogP contribution is -2.19. The Hall–Kier alpha value is -4.24. The van der Waals surface area contributed by atoms with Crippen molar-refractivity contribution in [2.75, 3.05) is 0 Å². The molecule has 1 amide bonds. The molecular weight excluding hydrogens is 391 g/mol. The first kappa shape index (κ1) is 20.0. The molecule has 4 rings (SSSR count). The third-order valence-corrected chi connectivity index (χ3v) is 5.17. The number of hydrogen-bond acceptors (Lipinski definition) is 3. The maximum absolute atomic E-state index is 14.1. The Balaban J connectivity index is 1.61. The number of nitriles is 1. The number of carbonyl (C=O) groups is 1. The summed E-state index contributed by atoms with van der Waals surface area (Å²) in [6, 6.07) is 23.7. The molecule has 1 N–H and O–H groups in total. The first-order valence-electron chi connectivity index (χ1n) is 9.73. The summed E-state index contributed by atoms with van der Waals surface area (Å²) in [6.45, 7) is 2.72. The Bertz CT molecular complexity index is 1330. The highest BCUT2D eigenvalue weighted by Crippen LogP contribution is 2.25. The maximum Gasteiger partial charge on any atom is 0.274 e. The van der Waals surface area contributed by atoms with E-state index in [2.05, 4.69) is 27.2 Å². The van der Waals surface area contributed by atoms with E-state index in [0.29, 0.717) is 6.54 Å². The minimum atomic E-state index is -0.762. The van der Waals surface area contributed by atoms with E-state index < -0.39 is 11.7 Å². The fraction of sp³-hybridized carbons (Fsp3) is 0.0800. The molecule has 1 aromatic heterocycles. The van der Waals surface area contributed by atoms with Gasteiger partial charge in [0.05, 0.1) is 23.4 Å². The summed E-state index contributed by atoms with van der Waals surface area (Å²) >= 11 is 0. The summed E-state index contributed by atoms with van der Waals surface area (Å²) in [6.07, 6.45) is 1.58. The summed E-state index contributed by atoms with van der Waals surface area (Å²) in [7, 11) is 0. The van der Waals surface area contributed by atoms with Crippen molar-refractivity contribution in [3.63, 3.8) is 0 Å². The normalized spacial score (nSPS) is 11.0. The van der Waals surface area contributed by atoms with Crippen molar-refractivity contribution in [2.24, 2.45) is 5.10 Å². The second-order valence-electron chi connectivity index (χ2n) is 7.09. The van der Waals surface area contributed by atoms with Crippen LogP contribution in [0.15, 0.2) is 77.9 Å². The fourth-order valence-electron chi connectivity index (χ4n) is 3.57. The molecule has 1 heterocycles. The van der Waals surface area contributed by atoms with Crippen LogP contribution in [0.1, 0.15) is 32.7 Å². The third kappa shape index (κ3) is 4.07. The van der Waals surface area contributed by atoms with Gasteiger partial charge in [0.25, 0.3) is 5.91 Å². The molecule has 0 fully saturated rings. The predicted molar refractivity (Wildman–Crippen MR) is 118 cm³/mol. The highest BCUT2D eigenvalue weighted by molar-refractivity contribution is 6.02. The molecule has 4 aromatic rings. The van der Waals surface area contributed by atoms with E-state index in [-0.39, 0.29) is 11.1 Å². The van der Waals surface area contributed by atoms with Gasteiger partial charge in [-0.2, -0.15) is 10.4 Å². The summed E-state index contributed by atoms with van der Waals surface area (Å²) < 4.78 is 16.3. The molecule has 5 nitrogen and oxygen atoms in total. The molecule has 0 aliphatic carbocycles. The van der Waals surface area contributed by atoms with E-state index in [9.17, 15) is 9.18 Å². The van der Waals surface area contributed by atoms with Gasteiger partial charge >= 0.3 is 0 Å². The number of carbonyl (C=O) groups excluding carboxylic acids is 1. The topological polar surface area (TPSA) is 70.2 Å². The van der Waals surface area contributed by atoms with Gasteiger partial charge in [-0.05, 0) is 36.8 Å². The summed E-state index contributed by atoms with van der Waals surface area (Å²) in [5, 5.41) is 13.9. The molecule has 6 heteroatoms. The Morgan fingerprint density at radius 1 is 1.13 bits per heavy atom. The average molecular weight is 410 g/mol. The van der Waals surface area contributed by atoms with Crippen LogP contribution < -0.4 is 5.43 Å². The van der Waals surface area contributed by atoms with Crippen LogP contribution in [-0.2, 0) is 6.54 Å². The van der Waals surface area contributed by atoms with Gasteiger partial charge in [-0.15, -0.1) is 0 Å². The SMILES string of the molecule is Cc1c(/C=N\NC(=O)c2ccc(C#N)cc2F)c2ccccc2n1Cc1ccccc1. The van der Waals surface area contributed by atoms with E-state index in [1.54, 1.807) is 6.21 Å². The largest absolute Gasteiger partial charge is 0.340 e. The van der Waals surface area contributed by atoms with Gasteiger partial charge < -0.3 is 4.57 Å². The first-order chi connectivity index (χ1) is 15.1. The Morgan fingerprint density at radius 3 is 2.61 bits per heavy atom. The van der Waals surface area contributed by atoms with Crippen molar-refractivity contribution in [1.29, 1.82) is 5.26 Å². The molecule has 0 unspecified atom stereocenters. The van der Waals surface area contributed by atoms with Crippen molar-refractivity contribution in [1.82, 2.24) is 9.99 Å². The van der Waals surface area contributed by atoms with Gasteiger partial charge in [0.15, 0.2) is 0 Å². The molecular formula is C25H19FN4O. The molecule has 0 radical (unpaired) electrons. The zero-order chi connectivity index (χ0) is 21.8. The molecule has 0 atom stereocenters. The van der Waals surface area contributed by atoms with E-state index in [1.807, 2.05) is 55.5 Å². The van der Waals surface area contributed by atoms with E-state index in [1.165, 1.54) is 17.7 Å². The van der Waals surface area contributed by atoms with Crippen LogP contribution in [-0.4, -0.2) is 16.7 Å². The van der Waals surface area contributed by atoms with E-state index in [0.717, 1.165) is 28.2 Å². The third-order valence-electron chi connectivity index (χ3n) is 5.17. The highest BCUT2D eigenvalue weighted by atomic mass is 19.1. The van der Waals surface area contributed by atoms with Crippen molar-refractivity contribution in [3.8, 4) is 6.07 Å². The molecule has 31 heavy (non-hydrogen) atoms. The van der Waals surface area contributed by atoms with Crippen molar-refractivity contribution in [3.05, 3.63) is 107 Å². The van der Waals surface area contributed by atoms with Crippen LogP contribution in [0.5, 0.6) is 0 Å². The molecule has 0 aliphatic rings. The number of fused-ring (bicyclic) bond motifs is 1. The van der Waals surface area contributed by atoms with Crippen LogP contribution in [0, 0.1) is 24.1 Å². The lowest BCUT2D eigenvalue weighted by atomic mass is 10.1. The van der Waals surface area contributed by atoms with Crippen LogP contribution in [0.25, 0.3) is 10.9 Å². The number of nitrogens with one attached hydrogen (secondary N) is 1. The molecule has 0 aliphatic heterocycles. The molecule has 3 aromatic carbocycles. The lowest BCUT2D eigenvalue weighted by molar-refractivity contribution is 0.0951. The first-order valence-corrected chi connectivity index (χ1v) is 9.73. The van der Waals surface area contributed by atoms with Crippen LogP contribution in [0.2, 0.25) is 0 Å². The number of aromatic nitrogens is 1. The number of hydrazone groups is 1. The summed E-state index contributed by atoms with van der Waals surface area (Å²) in [5.74, 6) is -1.44. The van der Waals surface area contributed by atoms with Gasteiger partial charge in [-0.25, -0.2) is 9.82 Å². The Kier molecular flexibility index (Phi) is 5.59. The average Bonchev–Trinajstić information content (AvgIpc) is 3.05. The summed E-state index contributed by atoms with van der Waals surface area (Å²) in [5.41, 5.74) is 6.49. The van der Waals surface area contributed by atoms with Gasteiger partial charge in [0.1, 0.15) is 5.82 Å². The second-order valence-corrected chi connectivity index (χ2v) is 7.09. The van der Waals surface area contributed by atoms with Crippen molar-refractivity contribution >= 4 is 23.0 Å². The minimum Gasteiger partial charge on any atom is -0.340 e. The Labute approximate surface area is 179 Å². The molecule has 0 bridgehead atoms. The fourth-order valence-corrected chi connectivity index (χ4v) is 3.57. The number of halogens is 1. The second kappa shape index (κ2) is 8.64. The van der Waals surface area contributed by atoms with Gasteiger partial charge in [-0.1, -0.05) is 48.5 Å². The standard InChI is InChI=1S/C25H19FN4O/c1-17-22(15-28-29-25(31)21-12-11-19(14-27)13-23(21)26)20-9-5-6-10-24(20)30(17)16-18-7-3-2-4-8-18/h2-13,15H,16H2,1H3,(H,29,31)/b28-15-. The molecule has 152 valence electrons. The number of amides is 1. The van der Waals surface area contributed by atoms with Crippen LogP contribution in [0.4, 0.5) is 4.39 Å². The Morgan fingerprint density at radius 2 is 1.87 bits per heavy atom. The molecule has 0 spiro atoms. The number of nitrogens with zero attached hydrogens (tertiary/aromatic N) is 3. The number of benzene rings is 3. The summed E-state index contributed by atoms with van der Waals surface area (Å²) in [4.78, 5) is 12.3. The zero-order valence-corrected chi connectivity index (χ0v) is 16.8. The smallest absolute Gasteiger partial charge is 0.274 e. The van der Waals surface area contributed by atoms with Crippen LogP contribution >= 0.6 is 0 Å². The quantitative estimate of drug-likeness (QED) is 0.380. The molecule has 0 saturated carbocycles. The van der Waals surface area contributed by atoms with Gasteiger partial charge in [-0.3, -0.25) is 4.79 Å². The predicted octanol–water partition coefficient (Wildman–Crippen LogP) is 4.77. The molecule has 0 saturated heterocycles. The lowest BCUT2D eigenvalue weighted by Gasteiger charge is -2.08. The van der Waals surface area contributed by atoms with Crippen molar-refractivity contribution < 1.29 is 9.18 Å². The monoisotopic (exact) mass is 410 g/mol. The number of rotatable bonds is 5. The number of hydrogen-bond donors (Lipinski definition) is 1. The van der Waals surface area contributed by atoms with Crippen molar-refractivity contribution in [2.45, 2.75) is 13.5 Å². The highest BCUT2D eigenvalue weighted by Gasteiger charge is 2.14. The van der Waals surface area contributed by atoms with Crippen LogP contribution in [0.3, 0.4) is 0 Å².